The summed E-state index contributed by atoms with van der Waals surface area (Å²) in [5.74, 6) is 2.83. The number of fused-ring (bicyclic) bond motifs is 1. The second-order valence-electron chi connectivity index (χ2n) is 8.89. The van der Waals surface area contributed by atoms with Crippen LogP contribution in [0.25, 0.3) is 5.78 Å². The molecule has 4 fully saturated rings. The Balaban J connectivity index is 1.33. The standard InChI is InChI=1S/C19H26N6O2/c1-5-23(10-18(1)3-7-26-12-18)15-9-16(25-17(22-15)20-14-21-25)24-6-2-19(11-24)4-8-27-13-19/h9,14H,1-8,10-13H2/t18-,19-/m1/s1. The lowest BCUT2D eigenvalue weighted by Gasteiger charge is -2.26. The molecule has 6 heterocycles. The van der Waals surface area contributed by atoms with Gasteiger partial charge in [0.05, 0.1) is 13.2 Å². The van der Waals surface area contributed by atoms with Crippen molar-refractivity contribution in [1.29, 1.82) is 0 Å². The zero-order chi connectivity index (χ0) is 17.9. The predicted molar refractivity (Wildman–Crippen MR) is 100 cm³/mol. The minimum absolute atomic E-state index is 0.315. The molecule has 8 heteroatoms. The zero-order valence-corrected chi connectivity index (χ0v) is 15.6. The molecule has 0 saturated carbocycles. The third kappa shape index (κ3) is 2.53. The number of ether oxygens (including phenoxy) is 2. The van der Waals surface area contributed by atoms with E-state index in [0.29, 0.717) is 16.6 Å². The zero-order valence-electron chi connectivity index (χ0n) is 15.6. The van der Waals surface area contributed by atoms with Gasteiger partial charge >= 0.3 is 0 Å². The largest absolute Gasteiger partial charge is 0.381 e. The molecule has 6 rings (SSSR count). The van der Waals surface area contributed by atoms with Crippen molar-refractivity contribution in [3.8, 4) is 0 Å². The summed E-state index contributed by atoms with van der Waals surface area (Å²) < 4.78 is 13.3. The molecule has 0 aliphatic carbocycles. The van der Waals surface area contributed by atoms with E-state index in [9.17, 15) is 0 Å². The van der Waals surface area contributed by atoms with Gasteiger partial charge in [-0.1, -0.05) is 0 Å². The van der Waals surface area contributed by atoms with Crippen LogP contribution < -0.4 is 9.80 Å². The summed E-state index contributed by atoms with van der Waals surface area (Å²) in [6.07, 6.45) is 6.31. The lowest BCUT2D eigenvalue weighted by Crippen LogP contribution is -2.30. The molecule has 2 aromatic heterocycles. The fraction of sp³-hybridized carbons (Fsp3) is 0.737. The molecule has 8 nitrogen and oxygen atoms in total. The first-order chi connectivity index (χ1) is 13.2. The van der Waals surface area contributed by atoms with Gasteiger partial charge < -0.3 is 19.3 Å². The van der Waals surface area contributed by atoms with E-state index >= 15 is 0 Å². The highest BCUT2D eigenvalue weighted by atomic mass is 16.5. The quantitative estimate of drug-likeness (QED) is 0.791. The van der Waals surface area contributed by atoms with Crippen LogP contribution >= 0.6 is 0 Å². The first kappa shape index (κ1) is 16.1. The molecule has 4 saturated heterocycles. The van der Waals surface area contributed by atoms with Crippen molar-refractivity contribution in [2.24, 2.45) is 10.8 Å². The van der Waals surface area contributed by atoms with Crippen molar-refractivity contribution >= 4 is 17.4 Å². The SMILES string of the molecule is c1nc2nc(N3CC[C@@]4(CCOC4)C3)cc(N3CC[C@@]4(CCOC4)C3)n2n1. The van der Waals surface area contributed by atoms with Crippen LogP contribution in [0, 0.1) is 10.8 Å². The Bertz CT molecular complexity index is 855. The lowest BCUT2D eigenvalue weighted by atomic mass is 9.87. The molecular formula is C19H26N6O2. The summed E-state index contributed by atoms with van der Waals surface area (Å²) in [5, 5.41) is 4.45. The molecule has 2 aromatic rings. The summed E-state index contributed by atoms with van der Waals surface area (Å²) in [6, 6.07) is 2.21. The molecule has 0 radical (unpaired) electrons. The van der Waals surface area contributed by atoms with E-state index in [1.54, 1.807) is 6.33 Å². The Labute approximate surface area is 158 Å². The van der Waals surface area contributed by atoms with Gasteiger partial charge in [0.1, 0.15) is 18.0 Å². The average Bonchev–Trinajstić information content (AvgIpc) is 3.49. The van der Waals surface area contributed by atoms with E-state index in [4.69, 9.17) is 14.5 Å². The summed E-state index contributed by atoms with van der Waals surface area (Å²) in [7, 11) is 0. The molecule has 4 aliphatic heterocycles. The molecule has 2 spiro atoms. The van der Waals surface area contributed by atoms with Crippen LogP contribution in [0.2, 0.25) is 0 Å². The number of anilines is 2. The summed E-state index contributed by atoms with van der Waals surface area (Å²) in [6.45, 7) is 7.71. The van der Waals surface area contributed by atoms with Crippen molar-refractivity contribution in [1.82, 2.24) is 19.6 Å². The number of aromatic nitrogens is 4. The predicted octanol–water partition coefficient (Wildman–Crippen LogP) is 1.36. The van der Waals surface area contributed by atoms with Crippen LogP contribution in [0.5, 0.6) is 0 Å². The second-order valence-corrected chi connectivity index (χ2v) is 8.89. The van der Waals surface area contributed by atoms with Crippen molar-refractivity contribution < 1.29 is 9.47 Å². The van der Waals surface area contributed by atoms with Gasteiger partial charge in [0.15, 0.2) is 0 Å². The van der Waals surface area contributed by atoms with Crippen molar-refractivity contribution in [2.45, 2.75) is 25.7 Å². The van der Waals surface area contributed by atoms with Gasteiger partial charge in [0.25, 0.3) is 5.78 Å². The maximum absolute atomic E-state index is 5.70. The average molecular weight is 370 g/mol. The molecule has 2 atom stereocenters. The minimum Gasteiger partial charge on any atom is -0.381 e. The lowest BCUT2D eigenvalue weighted by molar-refractivity contribution is 0.160. The Morgan fingerprint density at radius 2 is 1.59 bits per heavy atom. The number of hydrogen-bond acceptors (Lipinski definition) is 7. The molecule has 4 aliphatic rings. The molecule has 0 aromatic carbocycles. The third-order valence-electron chi connectivity index (χ3n) is 7.11. The van der Waals surface area contributed by atoms with Crippen LogP contribution in [0.3, 0.4) is 0 Å². The highest BCUT2D eigenvalue weighted by Crippen LogP contribution is 2.42. The van der Waals surface area contributed by atoms with Crippen LogP contribution in [-0.2, 0) is 9.47 Å². The van der Waals surface area contributed by atoms with E-state index in [-0.39, 0.29) is 0 Å². The first-order valence-electron chi connectivity index (χ1n) is 10.1. The summed E-state index contributed by atoms with van der Waals surface area (Å²) >= 11 is 0. The van der Waals surface area contributed by atoms with Gasteiger partial charge in [0, 0.05) is 56.3 Å². The Morgan fingerprint density at radius 1 is 0.889 bits per heavy atom. The molecule has 27 heavy (non-hydrogen) atoms. The molecule has 0 N–H and O–H groups in total. The summed E-state index contributed by atoms with van der Waals surface area (Å²) in [5.41, 5.74) is 0.635. The Hall–Kier alpha value is -1.93. The maximum Gasteiger partial charge on any atom is 0.256 e. The van der Waals surface area contributed by atoms with Gasteiger partial charge in [0.2, 0.25) is 0 Å². The van der Waals surface area contributed by atoms with E-state index in [0.717, 1.165) is 77.1 Å². The smallest absolute Gasteiger partial charge is 0.256 e. The van der Waals surface area contributed by atoms with E-state index in [2.05, 4.69) is 25.9 Å². The van der Waals surface area contributed by atoms with Gasteiger partial charge in [-0.2, -0.15) is 19.6 Å². The van der Waals surface area contributed by atoms with E-state index < -0.39 is 0 Å². The van der Waals surface area contributed by atoms with Crippen LogP contribution in [0.4, 0.5) is 11.6 Å². The molecular weight excluding hydrogens is 344 g/mol. The fourth-order valence-electron chi connectivity index (χ4n) is 5.38. The van der Waals surface area contributed by atoms with Crippen molar-refractivity contribution in [3.05, 3.63) is 12.4 Å². The highest BCUT2D eigenvalue weighted by Gasteiger charge is 2.43. The first-order valence-corrected chi connectivity index (χ1v) is 10.1. The van der Waals surface area contributed by atoms with Crippen LogP contribution in [0.15, 0.2) is 12.4 Å². The third-order valence-corrected chi connectivity index (χ3v) is 7.11. The fourth-order valence-corrected chi connectivity index (χ4v) is 5.38. The monoisotopic (exact) mass is 370 g/mol. The normalized spacial score (nSPS) is 33.5. The topological polar surface area (TPSA) is 68.0 Å². The second kappa shape index (κ2) is 5.78. The molecule has 0 bridgehead atoms. The van der Waals surface area contributed by atoms with Crippen molar-refractivity contribution in [2.75, 3.05) is 62.4 Å². The highest BCUT2D eigenvalue weighted by molar-refractivity contribution is 5.58. The number of rotatable bonds is 2. The number of nitrogens with zero attached hydrogens (tertiary/aromatic N) is 6. The Kier molecular flexibility index (Phi) is 3.44. The van der Waals surface area contributed by atoms with E-state index in [1.165, 1.54) is 12.8 Å². The Morgan fingerprint density at radius 3 is 2.30 bits per heavy atom. The van der Waals surface area contributed by atoms with Crippen molar-refractivity contribution in [3.63, 3.8) is 0 Å². The van der Waals surface area contributed by atoms with Crippen LogP contribution in [-0.4, -0.2) is 72.2 Å². The summed E-state index contributed by atoms with van der Waals surface area (Å²) in [4.78, 5) is 14.1. The van der Waals surface area contributed by atoms with Gasteiger partial charge in [-0.3, -0.25) is 0 Å². The minimum atomic E-state index is 0.315. The number of hydrogen-bond donors (Lipinski definition) is 0. The van der Waals surface area contributed by atoms with Gasteiger partial charge in [-0.05, 0) is 25.7 Å². The van der Waals surface area contributed by atoms with Crippen LogP contribution in [0.1, 0.15) is 25.7 Å². The maximum atomic E-state index is 5.70. The van der Waals surface area contributed by atoms with E-state index in [1.807, 2.05) is 4.52 Å². The molecule has 144 valence electrons. The molecule has 0 unspecified atom stereocenters. The van der Waals surface area contributed by atoms with Gasteiger partial charge in [-0.15, -0.1) is 0 Å². The molecule has 0 amide bonds. The van der Waals surface area contributed by atoms with Gasteiger partial charge in [-0.25, -0.2) is 0 Å².